The van der Waals surface area contributed by atoms with Crippen LogP contribution in [0.4, 0.5) is 18.9 Å². The number of hydrogen-bond acceptors (Lipinski definition) is 3. The quantitative estimate of drug-likeness (QED) is 0.816. The van der Waals surface area contributed by atoms with Gasteiger partial charge < -0.3 is 10.4 Å². The molecule has 1 heterocycles. The van der Waals surface area contributed by atoms with Gasteiger partial charge in [0.05, 0.1) is 11.9 Å². The molecule has 2 aromatic rings. The van der Waals surface area contributed by atoms with Crippen LogP contribution in [0.1, 0.15) is 48.2 Å². The van der Waals surface area contributed by atoms with Crippen molar-refractivity contribution in [2.24, 2.45) is 5.92 Å². The van der Waals surface area contributed by atoms with Crippen molar-refractivity contribution < 1.29 is 27.9 Å². The molecule has 144 valence electrons. The second kappa shape index (κ2) is 7.42. The molecule has 1 aliphatic carbocycles. The SMILES string of the molecule is O=C(CC1CCCC1)Nc1ccc(-n2ncc(C(=O)O)c2C(F)(F)F)cc1. The van der Waals surface area contributed by atoms with E-state index >= 15 is 0 Å². The maximum absolute atomic E-state index is 13.3. The summed E-state index contributed by atoms with van der Waals surface area (Å²) in [6.45, 7) is 0. The molecule has 0 saturated heterocycles. The van der Waals surface area contributed by atoms with Gasteiger partial charge in [-0.2, -0.15) is 18.3 Å². The number of carboxylic acid groups (broad SMARTS) is 1. The molecule has 1 fully saturated rings. The zero-order chi connectivity index (χ0) is 19.6. The van der Waals surface area contributed by atoms with Crippen LogP contribution in [0, 0.1) is 5.92 Å². The monoisotopic (exact) mass is 381 g/mol. The van der Waals surface area contributed by atoms with Crippen molar-refractivity contribution in [2.45, 2.75) is 38.3 Å². The molecule has 27 heavy (non-hydrogen) atoms. The number of benzene rings is 1. The molecule has 0 spiro atoms. The Balaban J connectivity index is 1.77. The minimum Gasteiger partial charge on any atom is -0.478 e. The number of alkyl halides is 3. The van der Waals surface area contributed by atoms with Crippen molar-refractivity contribution in [1.29, 1.82) is 0 Å². The van der Waals surface area contributed by atoms with Crippen LogP contribution in [-0.4, -0.2) is 26.8 Å². The molecule has 0 bridgehead atoms. The van der Waals surface area contributed by atoms with E-state index in [4.69, 9.17) is 5.11 Å². The lowest BCUT2D eigenvalue weighted by Gasteiger charge is -2.13. The first kappa shape index (κ1) is 18.9. The Hall–Kier alpha value is -2.84. The molecule has 3 rings (SSSR count). The second-order valence-electron chi connectivity index (χ2n) is 6.57. The molecule has 2 N–H and O–H groups in total. The number of rotatable bonds is 5. The van der Waals surface area contributed by atoms with Gasteiger partial charge in [-0.3, -0.25) is 4.79 Å². The first-order chi connectivity index (χ1) is 12.8. The van der Waals surface area contributed by atoms with Crippen LogP contribution < -0.4 is 5.32 Å². The van der Waals surface area contributed by atoms with Gasteiger partial charge in [-0.25, -0.2) is 9.48 Å². The van der Waals surface area contributed by atoms with Crippen LogP contribution in [0.3, 0.4) is 0 Å². The molecule has 0 radical (unpaired) electrons. The molecular formula is C18H18F3N3O3. The molecule has 1 saturated carbocycles. The van der Waals surface area contributed by atoms with Crippen LogP contribution in [0.15, 0.2) is 30.5 Å². The second-order valence-corrected chi connectivity index (χ2v) is 6.57. The fourth-order valence-electron chi connectivity index (χ4n) is 3.35. The summed E-state index contributed by atoms with van der Waals surface area (Å²) in [6.07, 6.45) is 0.574. The van der Waals surface area contributed by atoms with Crippen LogP contribution in [-0.2, 0) is 11.0 Å². The van der Waals surface area contributed by atoms with Gasteiger partial charge in [0.2, 0.25) is 5.91 Å². The molecule has 1 aliphatic rings. The van der Waals surface area contributed by atoms with Gasteiger partial charge in [0.25, 0.3) is 0 Å². The highest BCUT2D eigenvalue weighted by atomic mass is 19.4. The van der Waals surface area contributed by atoms with Gasteiger partial charge in [-0.15, -0.1) is 0 Å². The van der Waals surface area contributed by atoms with Gasteiger partial charge in [0.15, 0.2) is 5.69 Å². The number of carboxylic acids is 1. The zero-order valence-corrected chi connectivity index (χ0v) is 14.3. The highest BCUT2D eigenvalue weighted by Gasteiger charge is 2.40. The Labute approximate surface area is 153 Å². The number of aromatic carboxylic acids is 1. The number of anilines is 1. The third-order valence-corrected chi connectivity index (χ3v) is 4.61. The number of nitrogens with one attached hydrogen (secondary N) is 1. The summed E-state index contributed by atoms with van der Waals surface area (Å²) in [5, 5.41) is 15.2. The van der Waals surface area contributed by atoms with Crippen LogP contribution >= 0.6 is 0 Å². The summed E-state index contributed by atoms with van der Waals surface area (Å²) in [7, 11) is 0. The van der Waals surface area contributed by atoms with Crippen molar-refractivity contribution in [2.75, 3.05) is 5.32 Å². The molecular weight excluding hydrogens is 363 g/mol. The topological polar surface area (TPSA) is 84.2 Å². The van der Waals surface area contributed by atoms with Crippen LogP contribution in [0.2, 0.25) is 0 Å². The Bertz CT molecular complexity index is 838. The Kier molecular flexibility index (Phi) is 5.20. The van der Waals surface area contributed by atoms with Crippen LogP contribution in [0.5, 0.6) is 0 Å². The molecule has 0 aliphatic heterocycles. The summed E-state index contributed by atoms with van der Waals surface area (Å²) >= 11 is 0. The number of carbonyl (C=O) groups is 2. The number of nitrogens with zero attached hydrogens (tertiary/aromatic N) is 2. The highest BCUT2D eigenvalue weighted by Crippen LogP contribution is 2.34. The van der Waals surface area contributed by atoms with Gasteiger partial charge in [0, 0.05) is 12.1 Å². The predicted molar refractivity (Wildman–Crippen MR) is 90.7 cm³/mol. The van der Waals surface area contributed by atoms with Crippen molar-refractivity contribution in [3.8, 4) is 5.69 Å². The molecule has 1 aromatic heterocycles. The fourth-order valence-corrected chi connectivity index (χ4v) is 3.35. The number of amides is 1. The molecule has 9 heteroatoms. The highest BCUT2D eigenvalue weighted by molar-refractivity contribution is 5.91. The maximum Gasteiger partial charge on any atom is 0.434 e. The lowest BCUT2D eigenvalue weighted by molar-refractivity contribution is -0.143. The van der Waals surface area contributed by atoms with E-state index in [-0.39, 0.29) is 11.6 Å². The van der Waals surface area contributed by atoms with E-state index in [0.29, 0.717) is 28.9 Å². The minimum atomic E-state index is -4.88. The Morgan fingerprint density at radius 1 is 1.19 bits per heavy atom. The van der Waals surface area contributed by atoms with Crippen molar-refractivity contribution in [3.05, 3.63) is 41.7 Å². The molecule has 0 unspecified atom stereocenters. The summed E-state index contributed by atoms with van der Waals surface area (Å²) in [4.78, 5) is 23.1. The fraction of sp³-hybridized carbons (Fsp3) is 0.389. The smallest absolute Gasteiger partial charge is 0.434 e. The Morgan fingerprint density at radius 2 is 1.81 bits per heavy atom. The number of halogens is 3. The summed E-state index contributed by atoms with van der Waals surface area (Å²) < 4.78 is 40.3. The maximum atomic E-state index is 13.3. The molecule has 1 aromatic carbocycles. The lowest BCUT2D eigenvalue weighted by atomic mass is 10.0. The minimum absolute atomic E-state index is 0.0450. The lowest BCUT2D eigenvalue weighted by Crippen LogP contribution is -2.17. The largest absolute Gasteiger partial charge is 0.478 e. The van der Waals surface area contributed by atoms with E-state index in [1.54, 1.807) is 0 Å². The molecule has 6 nitrogen and oxygen atoms in total. The standard InChI is InChI=1S/C18H18F3N3O3/c19-18(20,21)16-14(17(26)27)10-22-24(16)13-7-5-12(6-8-13)23-15(25)9-11-3-1-2-4-11/h5-8,10-11H,1-4,9H2,(H,23,25)(H,26,27). The van der Waals surface area contributed by atoms with Gasteiger partial charge in [-0.05, 0) is 43.0 Å². The van der Waals surface area contributed by atoms with Crippen LogP contribution in [0.25, 0.3) is 5.69 Å². The average molecular weight is 381 g/mol. The Morgan fingerprint density at radius 3 is 2.37 bits per heavy atom. The van der Waals surface area contributed by atoms with Gasteiger partial charge >= 0.3 is 12.1 Å². The summed E-state index contributed by atoms with van der Waals surface area (Å²) in [6, 6.07) is 5.62. The van der Waals surface area contributed by atoms with E-state index in [9.17, 15) is 22.8 Å². The zero-order valence-electron chi connectivity index (χ0n) is 14.3. The molecule has 0 atom stereocenters. The number of aromatic nitrogens is 2. The molecule has 1 amide bonds. The predicted octanol–water partition coefficient (Wildman–Crippen LogP) is 4.11. The third-order valence-electron chi connectivity index (χ3n) is 4.61. The van der Waals surface area contributed by atoms with E-state index in [0.717, 1.165) is 25.7 Å². The van der Waals surface area contributed by atoms with Gasteiger partial charge in [-0.1, -0.05) is 12.8 Å². The normalized spacial score (nSPS) is 15.1. The summed E-state index contributed by atoms with van der Waals surface area (Å²) in [5.74, 6) is -1.45. The van der Waals surface area contributed by atoms with Crippen molar-refractivity contribution in [1.82, 2.24) is 9.78 Å². The van der Waals surface area contributed by atoms with E-state index < -0.39 is 23.4 Å². The number of carbonyl (C=O) groups excluding carboxylic acids is 1. The van der Waals surface area contributed by atoms with E-state index in [1.807, 2.05) is 0 Å². The third kappa shape index (κ3) is 4.29. The first-order valence-corrected chi connectivity index (χ1v) is 8.54. The first-order valence-electron chi connectivity index (χ1n) is 8.54. The van der Waals surface area contributed by atoms with Gasteiger partial charge in [0.1, 0.15) is 5.56 Å². The number of hydrogen-bond donors (Lipinski definition) is 2. The van der Waals surface area contributed by atoms with E-state index in [1.165, 1.54) is 24.3 Å². The van der Waals surface area contributed by atoms with Crippen molar-refractivity contribution in [3.63, 3.8) is 0 Å². The summed E-state index contributed by atoms with van der Waals surface area (Å²) in [5.41, 5.74) is -1.77. The van der Waals surface area contributed by atoms with E-state index in [2.05, 4.69) is 10.4 Å². The van der Waals surface area contributed by atoms with Crippen molar-refractivity contribution >= 4 is 17.6 Å². The average Bonchev–Trinajstić information content (AvgIpc) is 3.24.